The van der Waals surface area contributed by atoms with Gasteiger partial charge in [-0.25, -0.2) is 0 Å². The van der Waals surface area contributed by atoms with Crippen LogP contribution in [0, 0.1) is 11.8 Å². The van der Waals surface area contributed by atoms with Gasteiger partial charge in [-0.3, -0.25) is 4.79 Å². The van der Waals surface area contributed by atoms with Crippen molar-refractivity contribution in [2.45, 2.75) is 52.5 Å². The average Bonchev–Trinajstić information content (AvgIpc) is 2.80. The van der Waals surface area contributed by atoms with E-state index in [-0.39, 0.29) is 11.9 Å². The van der Waals surface area contributed by atoms with E-state index in [1.54, 1.807) is 0 Å². The molecule has 1 aromatic rings. The van der Waals surface area contributed by atoms with E-state index < -0.39 is 0 Å². The van der Waals surface area contributed by atoms with Crippen LogP contribution in [-0.4, -0.2) is 17.0 Å². The molecule has 20 heavy (non-hydrogen) atoms. The van der Waals surface area contributed by atoms with E-state index in [4.69, 9.17) is 0 Å². The fourth-order valence-corrected chi connectivity index (χ4v) is 3.35. The van der Waals surface area contributed by atoms with Crippen molar-refractivity contribution in [1.29, 1.82) is 0 Å². The highest BCUT2D eigenvalue weighted by molar-refractivity contribution is 9.10. The third kappa shape index (κ3) is 3.87. The molecule has 1 saturated carbocycles. The summed E-state index contributed by atoms with van der Waals surface area (Å²) in [6.07, 6.45) is 7.07. The Morgan fingerprint density at radius 2 is 2.05 bits per heavy atom. The minimum Gasteiger partial charge on any atom is -0.350 e. The first-order valence-corrected chi connectivity index (χ1v) is 8.42. The van der Waals surface area contributed by atoms with Crippen molar-refractivity contribution >= 4 is 21.8 Å². The molecule has 0 saturated heterocycles. The van der Waals surface area contributed by atoms with Crippen LogP contribution in [0.2, 0.25) is 0 Å². The highest BCUT2D eigenvalue weighted by Gasteiger charge is 2.20. The SMILES string of the molecule is CC1CCC(CNC(=O)c2cc(Br)cn2C(C)C)CC1. The maximum atomic E-state index is 12.3. The predicted octanol–water partition coefficient (Wildman–Crippen LogP) is 4.39. The minimum absolute atomic E-state index is 0.0445. The molecule has 3 nitrogen and oxygen atoms in total. The molecule has 1 aromatic heterocycles. The number of nitrogens with zero attached hydrogens (tertiary/aromatic N) is 1. The second kappa shape index (κ2) is 6.79. The van der Waals surface area contributed by atoms with Crippen LogP contribution < -0.4 is 5.32 Å². The van der Waals surface area contributed by atoms with Gasteiger partial charge in [-0.2, -0.15) is 0 Å². The van der Waals surface area contributed by atoms with Crippen LogP contribution in [-0.2, 0) is 0 Å². The van der Waals surface area contributed by atoms with Crippen LogP contribution in [0.15, 0.2) is 16.7 Å². The Labute approximate surface area is 130 Å². The van der Waals surface area contributed by atoms with Gasteiger partial charge < -0.3 is 9.88 Å². The van der Waals surface area contributed by atoms with Crippen LogP contribution in [0.1, 0.15) is 63.0 Å². The molecule has 1 heterocycles. The zero-order valence-electron chi connectivity index (χ0n) is 12.7. The van der Waals surface area contributed by atoms with Gasteiger partial charge in [0.15, 0.2) is 0 Å². The zero-order chi connectivity index (χ0) is 14.7. The number of hydrogen-bond acceptors (Lipinski definition) is 1. The molecule has 1 amide bonds. The smallest absolute Gasteiger partial charge is 0.267 e. The van der Waals surface area contributed by atoms with Crippen molar-refractivity contribution < 1.29 is 4.79 Å². The number of halogens is 1. The minimum atomic E-state index is 0.0445. The number of aromatic nitrogens is 1. The summed E-state index contributed by atoms with van der Waals surface area (Å²) in [5.41, 5.74) is 0.746. The standard InChI is InChI=1S/C16H25BrN2O/c1-11(2)19-10-14(17)8-15(19)16(20)18-9-13-6-4-12(3)5-7-13/h8,10-13H,4-7,9H2,1-3H3,(H,18,20). The zero-order valence-corrected chi connectivity index (χ0v) is 14.2. The Bertz CT molecular complexity index is 459. The molecule has 4 heteroatoms. The van der Waals surface area contributed by atoms with Gasteiger partial charge in [-0.15, -0.1) is 0 Å². The van der Waals surface area contributed by atoms with Crippen LogP contribution in [0.4, 0.5) is 0 Å². The average molecular weight is 341 g/mol. The number of hydrogen-bond donors (Lipinski definition) is 1. The topological polar surface area (TPSA) is 34.0 Å². The summed E-state index contributed by atoms with van der Waals surface area (Å²) in [6.45, 7) is 7.31. The first-order chi connectivity index (χ1) is 9.47. The van der Waals surface area contributed by atoms with E-state index in [2.05, 4.69) is 42.0 Å². The fourth-order valence-electron chi connectivity index (χ4n) is 2.92. The Kier molecular flexibility index (Phi) is 5.30. The lowest BCUT2D eigenvalue weighted by atomic mass is 9.83. The predicted molar refractivity (Wildman–Crippen MR) is 86.0 cm³/mol. The highest BCUT2D eigenvalue weighted by atomic mass is 79.9. The molecule has 0 radical (unpaired) electrons. The van der Waals surface area contributed by atoms with Crippen molar-refractivity contribution in [2.24, 2.45) is 11.8 Å². The van der Waals surface area contributed by atoms with E-state index in [1.807, 2.05) is 16.8 Å². The molecule has 0 unspecified atom stereocenters. The largest absolute Gasteiger partial charge is 0.350 e. The highest BCUT2D eigenvalue weighted by Crippen LogP contribution is 2.27. The Balaban J connectivity index is 1.92. The Morgan fingerprint density at radius 1 is 1.40 bits per heavy atom. The maximum Gasteiger partial charge on any atom is 0.267 e. The Morgan fingerprint density at radius 3 is 2.65 bits per heavy atom. The summed E-state index contributed by atoms with van der Waals surface area (Å²) < 4.78 is 2.98. The van der Waals surface area contributed by atoms with E-state index in [0.29, 0.717) is 5.92 Å². The molecule has 1 fully saturated rings. The fraction of sp³-hybridized carbons (Fsp3) is 0.688. The van der Waals surface area contributed by atoms with E-state index in [9.17, 15) is 4.79 Å². The lowest BCUT2D eigenvalue weighted by Crippen LogP contribution is -2.32. The van der Waals surface area contributed by atoms with Crippen LogP contribution in [0.5, 0.6) is 0 Å². The van der Waals surface area contributed by atoms with Crippen molar-refractivity contribution in [3.8, 4) is 0 Å². The second-order valence-corrected chi connectivity index (χ2v) is 7.30. The molecule has 0 bridgehead atoms. The quantitative estimate of drug-likeness (QED) is 0.866. The molecule has 112 valence electrons. The van der Waals surface area contributed by atoms with Crippen molar-refractivity contribution in [3.05, 3.63) is 22.4 Å². The molecule has 0 aromatic carbocycles. The number of carbonyl (C=O) groups is 1. The van der Waals surface area contributed by atoms with Gasteiger partial charge >= 0.3 is 0 Å². The number of nitrogens with one attached hydrogen (secondary N) is 1. The molecule has 0 aliphatic heterocycles. The van der Waals surface area contributed by atoms with Gasteiger partial charge in [0.05, 0.1) is 0 Å². The molecular weight excluding hydrogens is 316 g/mol. The first kappa shape index (κ1) is 15.6. The van der Waals surface area contributed by atoms with Gasteiger partial charge in [0.25, 0.3) is 5.91 Å². The number of amides is 1. The van der Waals surface area contributed by atoms with Crippen LogP contribution in [0.25, 0.3) is 0 Å². The normalized spacial score (nSPS) is 23.1. The van der Waals surface area contributed by atoms with Crippen molar-refractivity contribution in [3.63, 3.8) is 0 Å². The molecule has 2 rings (SSSR count). The van der Waals surface area contributed by atoms with Crippen LogP contribution >= 0.6 is 15.9 Å². The van der Waals surface area contributed by atoms with Gasteiger partial charge in [-0.05, 0) is 60.5 Å². The molecule has 1 aliphatic carbocycles. The van der Waals surface area contributed by atoms with Gasteiger partial charge in [-0.1, -0.05) is 19.8 Å². The van der Waals surface area contributed by atoms with Crippen molar-refractivity contribution in [1.82, 2.24) is 9.88 Å². The summed E-state index contributed by atoms with van der Waals surface area (Å²) in [4.78, 5) is 12.3. The third-order valence-electron chi connectivity index (χ3n) is 4.29. The maximum absolute atomic E-state index is 12.3. The lowest BCUT2D eigenvalue weighted by molar-refractivity contribution is 0.0931. The van der Waals surface area contributed by atoms with Crippen LogP contribution in [0.3, 0.4) is 0 Å². The van der Waals surface area contributed by atoms with E-state index in [0.717, 1.165) is 22.6 Å². The Hall–Kier alpha value is -0.770. The molecule has 0 atom stereocenters. The summed E-state index contributed by atoms with van der Waals surface area (Å²) in [7, 11) is 0. The van der Waals surface area contributed by atoms with Gasteiger partial charge in [0.2, 0.25) is 0 Å². The molecule has 1 aliphatic rings. The second-order valence-electron chi connectivity index (χ2n) is 6.38. The monoisotopic (exact) mass is 340 g/mol. The molecular formula is C16H25BrN2O. The van der Waals surface area contributed by atoms with Gasteiger partial charge in [0.1, 0.15) is 5.69 Å². The summed E-state index contributed by atoms with van der Waals surface area (Å²) >= 11 is 3.45. The first-order valence-electron chi connectivity index (χ1n) is 7.63. The summed E-state index contributed by atoms with van der Waals surface area (Å²) in [5, 5.41) is 3.11. The lowest BCUT2D eigenvalue weighted by Gasteiger charge is -2.26. The molecule has 0 spiro atoms. The van der Waals surface area contributed by atoms with E-state index >= 15 is 0 Å². The third-order valence-corrected chi connectivity index (χ3v) is 4.72. The van der Waals surface area contributed by atoms with Gasteiger partial charge in [0, 0.05) is 23.3 Å². The number of rotatable bonds is 4. The summed E-state index contributed by atoms with van der Waals surface area (Å²) in [6, 6.07) is 2.19. The van der Waals surface area contributed by atoms with Crippen molar-refractivity contribution in [2.75, 3.05) is 6.54 Å². The number of carbonyl (C=O) groups excluding carboxylic acids is 1. The molecule has 1 N–H and O–H groups in total. The van der Waals surface area contributed by atoms with E-state index in [1.165, 1.54) is 25.7 Å². The summed E-state index contributed by atoms with van der Waals surface area (Å²) in [5.74, 6) is 1.56.